The van der Waals surface area contributed by atoms with Gasteiger partial charge in [0.05, 0.1) is 0 Å². The second kappa shape index (κ2) is 6.76. The standard InChI is InChI=1S/C16H28N4O3/c1-11(2)14(22)19-5-6-20(15(23)18-12(3)4)10-16(9-19)7-13(21)17-8-16/h11-12H,5-10H2,1-4H3,(H,17,21)(H,18,23)/t16-/m1/s1. The summed E-state index contributed by atoms with van der Waals surface area (Å²) in [6.07, 6.45) is 0.361. The molecular weight excluding hydrogens is 296 g/mol. The Morgan fingerprint density at radius 2 is 1.74 bits per heavy atom. The average molecular weight is 324 g/mol. The molecule has 7 nitrogen and oxygen atoms in total. The summed E-state index contributed by atoms with van der Waals surface area (Å²) < 4.78 is 0. The van der Waals surface area contributed by atoms with E-state index in [1.807, 2.05) is 32.6 Å². The minimum atomic E-state index is -0.382. The predicted molar refractivity (Wildman–Crippen MR) is 86.7 cm³/mol. The third kappa shape index (κ3) is 4.14. The van der Waals surface area contributed by atoms with E-state index < -0.39 is 0 Å². The van der Waals surface area contributed by atoms with Gasteiger partial charge in [-0.15, -0.1) is 0 Å². The van der Waals surface area contributed by atoms with Crippen LogP contribution in [-0.4, -0.2) is 66.4 Å². The molecule has 2 aliphatic rings. The molecule has 0 aromatic rings. The van der Waals surface area contributed by atoms with E-state index in [2.05, 4.69) is 10.6 Å². The van der Waals surface area contributed by atoms with Crippen LogP contribution in [0.15, 0.2) is 0 Å². The zero-order valence-corrected chi connectivity index (χ0v) is 14.5. The Labute approximate surface area is 137 Å². The van der Waals surface area contributed by atoms with Gasteiger partial charge in [0.25, 0.3) is 0 Å². The number of hydrogen-bond donors (Lipinski definition) is 2. The van der Waals surface area contributed by atoms with Crippen LogP contribution >= 0.6 is 0 Å². The average Bonchev–Trinajstić information content (AvgIpc) is 2.69. The van der Waals surface area contributed by atoms with Crippen LogP contribution in [0.25, 0.3) is 0 Å². The molecule has 2 rings (SSSR count). The Bertz CT molecular complexity index is 492. The summed E-state index contributed by atoms with van der Waals surface area (Å²) in [4.78, 5) is 40.1. The molecule has 0 radical (unpaired) electrons. The Morgan fingerprint density at radius 3 is 2.26 bits per heavy atom. The number of amides is 4. The molecule has 4 amide bonds. The van der Waals surface area contributed by atoms with Crippen LogP contribution < -0.4 is 10.6 Å². The largest absolute Gasteiger partial charge is 0.355 e. The Balaban J connectivity index is 2.19. The molecule has 23 heavy (non-hydrogen) atoms. The van der Waals surface area contributed by atoms with E-state index in [4.69, 9.17) is 0 Å². The van der Waals surface area contributed by atoms with Gasteiger partial charge in [-0.05, 0) is 13.8 Å². The summed E-state index contributed by atoms with van der Waals surface area (Å²) in [6.45, 7) is 10.1. The van der Waals surface area contributed by atoms with Crippen LogP contribution in [-0.2, 0) is 9.59 Å². The van der Waals surface area contributed by atoms with Crippen molar-refractivity contribution in [2.75, 3.05) is 32.7 Å². The lowest BCUT2D eigenvalue weighted by Crippen LogP contribution is -2.49. The highest BCUT2D eigenvalue weighted by atomic mass is 16.2. The fraction of sp³-hybridized carbons (Fsp3) is 0.812. The predicted octanol–water partition coefficient (Wildman–Crippen LogP) is 0.411. The molecule has 2 fully saturated rings. The van der Waals surface area contributed by atoms with E-state index in [0.717, 1.165) is 0 Å². The van der Waals surface area contributed by atoms with Gasteiger partial charge in [-0.2, -0.15) is 0 Å². The molecule has 1 spiro atoms. The van der Waals surface area contributed by atoms with Gasteiger partial charge in [-0.25, -0.2) is 4.79 Å². The minimum Gasteiger partial charge on any atom is -0.355 e. The highest BCUT2D eigenvalue weighted by Crippen LogP contribution is 2.31. The topological polar surface area (TPSA) is 81.8 Å². The van der Waals surface area contributed by atoms with E-state index in [-0.39, 0.29) is 35.2 Å². The van der Waals surface area contributed by atoms with Crippen LogP contribution in [0, 0.1) is 11.3 Å². The summed E-state index contributed by atoms with van der Waals surface area (Å²) in [5.74, 6) is -0.0175. The first-order chi connectivity index (χ1) is 10.7. The molecule has 0 aromatic heterocycles. The minimum absolute atomic E-state index is 0.00642. The summed E-state index contributed by atoms with van der Waals surface area (Å²) in [5, 5.41) is 5.76. The first kappa shape index (κ1) is 17.6. The SMILES string of the molecule is CC(C)NC(=O)N1CCN(C(=O)C(C)C)C[C@@]2(CNC(=O)C2)C1. The van der Waals surface area contributed by atoms with Crippen LogP contribution in [0.1, 0.15) is 34.1 Å². The zero-order chi connectivity index (χ0) is 17.2. The van der Waals surface area contributed by atoms with Crippen molar-refractivity contribution in [2.24, 2.45) is 11.3 Å². The first-order valence-corrected chi connectivity index (χ1v) is 8.33. The Morgan fingerprint density at radius 1 is 1.13 bits per heavy atom. The lowest BCUT2D eigenvalue weighted by atomic mass is 9.86. The molecular formula is C16H28N4O3. The number of carbonyl (C=O) groups is 3. The van der Waals surface area contributed by atoms with Gasteiger partial charge in [-0.3, -0.25) is 9.59 Å². The molecule has 0 bridgehead atoms. The van der Waals surface area contributed by atoms with Gasteiger partial charge >= 0.3 is 6.03 Å². The lowest BCUT2D eigenvalue weighted by molar-refractivity contribution is -0.135. The molecule has 1 atom stereocenters. The van der Waals surface area contributed by atoms with E-state index in [9.17, 15) is 14.4 Å². The Kier molecular flexibility index (Phi) is 5.16. The maximum atomic E-state index is 12.4. The zero-order valence-electron chi connectivity index (χ0n) is 14.5. The van der Waals surface area contributed by atoms with Crippen molar-refractivity contribution in [1.29, 1.82) is 0 Å². The molecule has 2 aliphatic heterocycles. The third-order valence-corrected chi connectivity index (χ3v) is 4.39. The van der Waals surface area contributed by atoms with E-state index in [0.29, 0.717) is 39.1 Å². The van der Waals surface area contributed by atoms with E-state index in [1.165, 1.54) is 0 Å². The van der Waals surface area contributed by atoms with Gasteiger partial charge in [-0.1, -0.05) is 13.8 Å². The third-order valence-electron chi connectivity index (χ3n) is 4.39. The molecule has 0 aromatic carbocycles. The molecule has 2 heterocycles. The van der Waals surface area contributed by atoms with Crippen molar-refractivity contribution in [3.63, 3.8) is 0 Å². The molecule has 0 saturated carbocycles. The highest BCUT2D eigenvalue weighted by molar-refractivity contribution is 5.81. The van der Waals surface area contributed by atoms with Crippen molar-refractivity contribution in [1.82, 2.24) is 20.4 Å². The fourth-order valence-corrected chi connectivity index (χ4v) is 3.30. The second-order valence-electron chi connectivity index (χ2n) is 7.39. The number of hydrogen-bond acceptors (Lipinski definition) is 3. The van der Waals surface area contributed by atoms with Crippen LogP contribution in [0.4, 0.5) is 4.79 Å². The number of urea groups is 1. The van der Waals surface area contributed by atoms with Gasteiger partial charge in [0.1, 0.15) is 0 Å². The normalized spacial score (nSPS) is 25.0. The number of rotatable bonds is 2. The number of carbonyl (C=O) groups excluding carboxylic acids is 3. The molecule has 2 N–H and O–H groups in total. The summed E-state index contributed by atoms with van der Waals surface area (Å²) in [7, 11) is 0. The van der Waals surface area contributed by atoms with Crippen LogP contribution in [0.3, 0.4) is 0 Å². The molecule has 0 aliphatic carbocycles. The maximum Gasteiger partial charge on any atom is 0.317 e. The monoisotopic (exact) mass is 324 g/mol. The number of nitrogens with zero attached hydrogens (tertiary/aromatic N) is 2. The summed E-state index contributed by atoms with van der Waals surface area (Å²) in [6, 6.07) is -0.0731. The fourth-order valence-electron chi connectivity index (χ4n) is 3.30. The number of nitrogens with one attached hydrogen (secondary N) is 2. The van der Waals surface area contributed by atoms with Crippen molar-refractivity contribution in [3.05, 3.63) is 0 Å². The van der Waals surface area contributed by atoms with Gasteiger partial charge in [0.15, 0.2) is 0 Å². The summed E-state index contributed by atoms with van der Waals surface area (Å²) in [5.41, 5.74) is -0.382. The maximum absolute atomic E-state index is 12.4. The van der Waals surface area contributed by atoms with Gasteiger partial charge in [0.2, 0.25) is 11.8 Å². The van der Waals surface area contributed by atoms with E-state index >= 15 is 0 Å². The lowest BCUT2D eigenvalue weighted by Gasteiger charge is -2.33. The molecule has 130 valence electrons. The molecule has 2 saturated heterocycles. The Hall–Kier alpha value is -1.79. The quantitative estimate of drug-likeness (QED) is 0.772. The van der Waals surface area contributed by atoms with Gasteiger partial charge in [0, 0.05) is 56.5 Å². The van der Waals surface area contributed by atoms with Crippen LogP contribution in [0.5, 0.6) is 0 Å². The smallest absolute Gasteiger partial charge is 0.317 e. The van der Waals surface area contributed by atoms with E-state index in [1.54, 1.807) is 4.90 Å². The van der Waals surface area contributed by atoms with Crippen molar-refractivity contribution in [2.45, 2.75) is 40.2 Å². The van der Waals surface area contributed by atoms with Crippen LogP contribution in [0.2, 0.25) is 0 Å². The van der Waals surface area contributed by atoms with Crippen molar-refractivity contribution in [3.8, 4) is 0 Å². The highest BCUT2D eigenvalue weighted by Gasteiger charge is 2.45. The van der Waals surface area contributed by atoms with Gasteiger partial charge < -0.3 is 20.4 Å². The second-order valence-corrected chi connectivity index (χ2v) is 7.39. The first-order valence-electron chi connectivity index (χ1n) is 8.33. The summed E-state index contributed by atoms with van der Waals surface area (Å²) >= 11 is 0. The molecule has 7 heteroatoms. The van der Waals surface area contributed by atoms with Crippen molar-refractivity contribution < 1.29 is 14.4 Å². The molecule has 0 unspecified atom stereocenters. The van der Waals surface area contributed by atoms with Crippen molar-refractivity contribution >= 4 is 17.8 Å².